The highest BCUT2D eigenvalue weighted by atomic mass is 35.5. The van der Waals surface area contributed by atoms with Crippen LogP contribution in [0.15, 0.2) is 24.3 Å². The van der Waals surface area contributed by atoms with Gasteiger partial charge in [0.2, 0.25) is 0 Å². The van der Waals surface area contributed by atoms with Crippen molar-refractivity contribution in [2.24, 2.45) is 0 Å². The fourth-order valence-electron chi connectivity index (χ4n) is 2.26. The highest BCUT2D eigenvalue weighted by molar-refractivity contribution is 6.35. The quantitative estimate of drug-likeness (QED) is 0.697. The van der Waals surface area contributed by atoms with E-state index in [2.05, 4.69) is 39.0 Å². The summed E-state index contributed by atoms with van der Waals surface area (Å²) in [6.07, 6.45) is 2.52. The Kier molecular flexibility index (Phi) is 2.63. The zero-order valence-corrected chi connectivity index (χ0v) is 11.9. The van der Waals surface area contributed by atoms with Crippen LogP contribution in [0.3, 0.4) is 0 Å². The van der Waals surface area contributed by atoms with E-state index >= 15 is 0 Å². The highest BCUT2D eigenvalue weighted by Gasteiger charge is 2.26. The first kappa shape index (κ1) is 12.0. The molecule has 0 unspecified atom stereocenters. The van der Waals surface area contributed by atoms with Crippen molar-refractivity contribution in [2.75, 3.05) is 0 Å². The lowest BCUT2D eigenvalue weighted by Gasteiger charge is -2.19. The van der Waals surface area contributed by atoms with E-state index < -0.39 is 0 Å². The molecular weight excluding hydrogens is 242 g/mol. The molecule has 94 valence electrons. The number of benzene rings is 1. The minimum Gasteiger partial charge on any atom is -0.252 e. The number of hydrogen-bond donors (Lipinski definition) is 0. The van der Waals surface area contributed by atoms with E-state index in [1.165, 1.54) is 18.4 Å². The van der Waals surface area contributed by atoms with Crippen molar-refractivity contribution < 1.29 is 0 Å². The molecule has 1 aliphatic carbocycles. The monoisotopic (exact) mass is 259 g/mol. The van der Waals surface area contributed by atoms with E-state index in [1.807, 2.05) is 6.07 Å². The molecule has 0 bridgehead atoms. The van der Waals surface area contributed by atoms with Crippen LogP contribution in [0.4, 0.5) is 0 Å². The number of fused-ring (bicyclic) bond motifs is 1. The summed E-state index contributed by atoms with van der Waals surface area (Å²) in [5.74, 6) is 0.647. The van der Waals surface area contributed by atoms with Gasteiger partial charge in [-0.15, -0.1) is 0 Å². The number of rotatable bonds is 1. The van der Waals surface area contributed by atoms with Crippen LogP contribution >= 0.6 is 11.6 Å². The van der Waals surface area contributed by atoms with Crippen LogP contribution < -0.4 is 0 Å². The maximum atomic E-state index is 6.42. The van der Waals surface area contributed by atoms with Crippen LogP contribution in [0.5, 0.6) is 0 Å². The van der Waals surface area contributed by atoms with Crippen molar-refractivity contribution in [3.8, 4) is 0 Å². The van der Waals surface area contributed by atoms with E-state index in [0.717, 1.165) is 21.6 Å². The van der Waals surface area contributed by atoms with Gasteiger partial charge >= 0.3 is 0 Å². The van der Waals surface area contributed by atoms with Crippen LogP contribution in [0.2, 0.25) is 5.02 Å². The fourth-order valence-corrected chi connectivity index (χ4v) is 2.52. The molecule has 0 amide bonds. The molecule has 0 atom stereocenters. The number of pyridine rings is 1. The van der Waals surface area contributed by atoms with E-state index in [-0.39, 0.29) is 5.41 Å². The summed E-state index contributed by atoms with van der Waals surface area (Å²) in [4.78, 5) is 4.74. The second kappa shape index (κ2) is 3.96. The van der Waals surface area contributed by atoms with Gasteiger partial charge in [0.15, 0.2) is 0 Å². The molecule has 2 heteroatoms. The Balaban J connectivity index is 2.17. The second-order valence-corrected chi connectivity index (χ2v) is 6.69. The molecule has 2 aromatic rings. The first-order valence-corrected chi connectivity index (χ1v) is 6.93. The summed E-state index contributed by atoms with van der Waals surface area (Å²) in [5.41, 5.74) is 3.64. The van der Waals surface area contributed by atoms with Gasteiger partial charge in [0.05, 0.1) is 10.5 Å². The number of nitrogens with zero attached hydrogens (tertiary/aromatic N) is 1. The van der Waals surface area contributed by atoms with Gasteiger partial charge in [-0.1, -0.05) is 38.4 Å². The molecule has 1 aromatic heterocycles. The molecule has 1 fully saturated rings. The predicted molar refractivity (Wildman–Crippen MR) is 77.4 cm³/mol. The minimum absolute atomic E-state index is 0.146. The van der Waals surface area contributed by atoms with Crippen LogP contribution in [0.1, 0.15) is 50.8 Å². The maximum Gasteiger partial charge on any atom is 0.0720 e. The first-order valence-electron chi connectivity index (χ1n) is 6.56. The summed E-state index contributed by atoms with van der Waals surface area (Å²) in [5, 5.41) is 1.92. The lowest BCUT2D eigenvalue weighted by molar-refractivity contribution is 0.591. The van der Waals surface area contributed by atoms with Crippen molar-refractivity contribution in [1.29, 1.82) is 0 Å². The maximum absolute atomic E-state index is 6.42. The Morgan fingerprint density at radius 1 is 1.17 bits per heavy atom. The molecule has 3 rings (SSSR count). The Morgan fingerprint density at radius 3 is 2.50 bits per heavy atom. The van der Waals surface area contributed by atoms with Crippen LogP contribution in [0, 0.1) is 0 Å². The van der Waals surface area contributed by atoms with Crippen molar-refractivity contribution in [3.63, 3.8) is 0 Å². The second-order valence-electron chi connectivity index (χ2n) is 6.29. The molecular formula is C16H18ClN. The van der Waals surface area contributed by atoms with Crippen LogP contribution in [-0.4, -0.2) is 4.98 Å². The van der Waals surface area contributed by atoms with E-state index in [4.69, 9.17) is 16.6 Å². The predicted octanol–water partition coefficient (Wildman–Crippen LogP) is 5.06. The molecule has 0 aliphatic heterocycles. The summed E-state index contributed by atoms with van der Waals surface area (Å²) in [6.45, 7) is 6.65. The summed E-state index contributed by atoms with van der Waals surface area (Å²) in [7, 11) is 0. The number of aromatic nitrogens is 1. The smallest absolute Gasteiger partial charge is 0.0720 e. The molecule has 18 heavy (non-hydrogen) atoms. The van der Waals surface area contributed by atoms with Crippen molar-refractivity contribution in [3.05, 3.63) is 40.5 Å². The summed E-state index contributed by atoms with van der Waals surface area (Å²) >= 11 is 6.42. The topological polar surface area (TPSA) is 12.9 Å². The average Bonchev–Trinajstić information content (AvgIpc) is 3.11. The average molecular weight is 260 g/mol. The molecule has 0 radical (unpaired) electrons. The number of halogens is 1. The molecule has 1 aliphatic rings. The van der Waals surface area contributed by atoms with Crippen molar-refractivity contribution >= 4 is 22.5 Å². The van der Waals surface area contributed by atoms with E-state index in [9.17, 15) is 0 Å². The fraction of sp³-hybridized carbons (Fsp3) is 0.438. The third kappa shape index (κ3) is 2.12. The lowest BCUT2D eigenvalue weighted by Crippen LogP contribution is -2.10. The van der Waals surface area contributed by atoms with Crippen molar-refractivity contribution in [1.82, 2.24) is 4.98 Å². The van der Waals surface area contributed by atoms with Gasteiger partial charge in [-0.2, -0.15) is 0 Å². The molecule has 1 aromatic carbocycles. The van der Waals surface area contributed by atoms with Crippen LogP contribution in [-0.2, 0) is 5.41 Å². The van der Waals surface area contributed by atoms with E-state index in [0.29, 0.717) is 5.92 Å². The van der Waals surface area contributed by atoms with Crippen molar-refractivity contribution in [2.45, 2.75) is 44.9 Å². The Labute approximate surface area is 113 Å². The zero-order chi connectivity index (χ0) is 12.9. The molecule has 1 saturated carbocycles. The van der Waals surface area contributed by atoms with Crippen LogP contribution in [0.25, 0.3) is 10.9 Å². The lowest BCUT2D eigenvalue weighted by atomic mass is 9.86. The molecule has 0 spiro atoms. The molecule has 0 saturated heterocycles. The van der Waals surface area contributed by atoms with Gasteiger partial charge in [-0.05, 0) is 42.0 Å². The third-order valence-corrected chi connectivity index (χ3v) is 3.95. The Hall–Kier alpha value is -1.08. The molecule has 0 N–H and O–H groups in total. The SMILES string of the molecule is CC(C)(C)c1ccc2nc(C3CC3)cc(Cl)c2c1. The molecule has 1 nitrogen and oxygen atoms in total. The van der Waals surface area contributed by atoms with Gasteiger partial charge in [0.1, 0.15) is 0 Å². The van der Waals surface area contributed by atoms with Gasteiger partial charge < -0.3 is 0 Å². The zero-order valence-electron chi connectivity index (χ0n) is 11.1. The summed E-state index contributed by atoms with van der Waals surface area (Å²) < 4.78 is 0. The molecule has 1 heterocycles. The third-order valence-electron chi connectivity index (χ3n) is 3.64. The number of hydrogen-bond acceptors (Lipinski definition) is 1. The first-order chi connectivity index (χ1) is 8.45. The normalized spacial score (nSPS) is 16.2. The van der Waals surface area contributed by atoms with Gasteiger partial charge in [-0.3, -0.25) is 4.98 Å². The van der Waals surface area contributed by atoms with Gasteiger partial charge in [-0.25, -0.2) is 0 Å². The van der Waals surface area contributed by atoms with E-state index in [1.54, 1.807) is 0 Å². The Morgan fingerprint density at radius 2 is 1.89 bits per heavy atom. The highest BCUT2D eigenvalue weighted by Crippen LogP contribution is 2.41. The van der Waals surface area contributed by atoms with Gasteiger partial charge in [0, 0.05) is 17.0 Å². The van der Waals surface area contributed by atoms with Gasteiger partial charge in [0.25, 0.3) is 0 Å². The largest absolute Gasteiger partial charge is 0.252 e. The standard InChI is InChI=1S/C16H18ClN/c1-16(2,3)11-6-7-14-12(8-11)13(17)9-15(18-14)10-4-5-10/h6-10H,4-5H2,1-3H3. The minimum atomic E-state index is 0.146. The summed E-state index contributed by atoms with van der Waals surface area (Å²) in [6, 6.07) is 8.51. The Bertz CT molecular complexity index is 606.